The fourth-order valence-corrected chi connectivity index (χ4v) is 4.10. The Kier molecular flexibility index (Phi) is 4.19. The Morgan fingerprint density at radius 1 is 1.25 bits per heavy atom. The summed E-state index contributed by atoms with van der Waals surface area (Å²) in [5, 5.41) is 15.9. The average Bonchev–Trinajstić information content (AvgIpc) is 2.73. The molecule has 1 saturated carbocycles. The lowest BCUT2D eigenvalue weighted by Crippen LogP contribution is -2.36. The molecule has 1 aromatic heterocycles. The Hall–Kier alpha value is -0.970. The highest BCUT2D eigenvalue weighted by atomic mass is 15.6. The van der Waals surface area contributed by atoms with E-state index in [4.69, 9.17) is 0 Å². The molecule has 114 valence electrons. The lowest BCUT2D eigenvalue weighted by molar-refractivity contribution is 0.0645. The zero-order valence-corrected chi connectivity index (χ0v) is 13.8. The van der Waals surface area contributed by atoms with Gasteiger partial charge in [0.15, 0.2) is 5.82 Å². The van der Waals surface area contributed by atoms with Gasteiger partial charge in [0, 0.05) is 0 Å². The van der Waals surface area contributed by atoms with Crippen molar-refractivity contribution in [2.24, 2.45) is 10.8 Å². The van der Waals surface area contributed by atoms with E-state index >= 15 is 0 Å². The maximum Gasteiger partial charge on any atom is 0.168 e. The standard InChI is InChI=1S/C15H29N5/c1-7-16-11(2)13-17-18-19-20(13)12-8-14(3,4)10-15(5,6)9-12/h11-12,16H,7-10H2,1-6H3. The monoisotopic (exact) mass is 279 g/mol. The summed E-state index contributed by atoms with van der Waals surface area (Å²) in [5.74, 6) is 0.963. The van der Waals surface area contributed by atoms with E-state index in [-0.39, 0.29) is 6.04 Å². The fourth-order valence-electron chi connectivity index (χ4n) is 4.10. The molecule has 0 aromatic carbocycles. The third-order valence-electron chi connectivity index (χ3n) is 4.30. The van der Waals surface area contributed by atoms with Crippen molar-refractivity contribution < 1.29 is 0 Å². The van der Waals surface area contributed by atoms with Crippen LogP contribution in [0.2, 0.25) is 0 Å². The first-order valence-electron chi connectivity index (χ1n) is 7.75. The van der Waals surface area contributed by atoms with Crippen LogP contribution in [0.5, 0.6) is 0 Å². The van der Waals surface area contributed by atoms with E-state index in [0.717, 1.165) is 25.2 Å². The molecule has 1 heterocycles. The Labute approximate surface area is 122 Å². The van der Waals surface area contributed by atoms with Crippen molar-refractivity contribution >= 4 is 0 Å². The molecule has 20 heavy (non-hydrogen) atoms. The van der Waals surface area contributed by atoms with Crippen LogP contribution in [0.1, 0.15) is 78.7 Å². The molecule has 1 aromatic rings. The Morgan fingerprint density at radius 2 is 1.85 bits per heavy atom. The van der Waals surface area contributed by atoms with Crippen LogP contribution in [0.15, 0.2) is 0 Å². The maximum atomic E-state index is 4.29. The predicted octanol–water partition coefficient (Wildman–Crippen LogP) is 3.12. The number of aromatic nitrogens is 4. The van der Waals surface area contributed by atoms with E-state index in [1.54, 1.807) is 0 Å². The highest BCUT2D eigenvalue weighted by Crippen LogP contribution is 2.50. The molecule has 0 bridgehead atoms. The number of nitrogens with zero attached hydrogens (tertiary/aromatic N) is 4. The van der Waals surface area contributed by atoms with Gasteiger partial charge in [0.05, 0.1) is 12.1 Å². The van der Waals surface area contributed by atoms with Crippen LogP contribution in [0.4, 0.5) is 0 Å². The Balaban J connectivity index is 2.25. The highest BCUT2D eigenvalue weighted by Gasteiger charge is 2.40. The minimum Gasteiger partial charge on any atom is -0.308 e. The first kappa shape index (κ1) is 15.4. The molecule has 2 rings (SSSR count). The molecule has 0 radical (unpaired) electrons. The van der Waals surface area contributed by atoms with Crippen molar-refractivity contribution in [3.8, 4) is 0 Å². The van der Waals surface area contributed by atoms with Gasteiger partial charge in [-0.05, 0) is 54.0 Å². The van der Waals surface area contributed by atoms with E-state index in [0.29, 0.717) is 16.9 Å². The fraction of sp³-hybridized carbons (Fsp3) is 0.933. The molecular formula is C15H29N5. The van der Waals surface area contributed by atoms with E-state index in [2.05, 4.69) is 67.1 Å². The summed E-state index contributed by atoms with van der Waals surface area (Å²) < 4.78 is 2.07. The molecule has 1 atom stereocenters. The van der Waals surface area contributed by atoms with Crippen LogP contribution in [0, 0.1) is 10.8 Å². The molecule has 1 N–H and O–H groups in total. The van der Waals surface area contributed by atoms with Crippen LogP contribution in [-0.2, 0) is 0 Å². The minimum atomic E-state index is 0.197. The van der Waals surface area contributed by atoms with Gasteiger partial charge in [-0.1, -0.05) is 34.6 Å². The van der Waals surface area contributed by atoms with Crippen molar-refractivity contribution in [1.29, 1.82) is 0 Å². The molecule has 5 nitrogen and oxygen atoms in total. The van der Waals surface area contributed by atoms with E-state index in [1.807, 2.05) is 0 Å². The molecular weight excluding hydrogens is 250 g/mol. The van der Waals surface area contributed by atoms with Crippen LogP contribution in [-0.4, -0.2) is 26.8 Å². The lowest BCUT2D eigenvalue weighted by Gasteiger charge is -2.45. The predicted molar refractivity (Wildman–Crippen MR) is 80.4 cm³/mol. The number of hydrogen-bond acceptors (Lipinski definition) is 4. The summed E-state index contributed by atoms with van der Waals surface area (Å²) in [7, 11) is 0. The van der Waals surface area contributed by atoms with Crippen LogP contribution in [0.25, 0.3) is 0 Å². The molecule has 1 unspecified atom stereocenters. The first-order valence-corrected chi connectivity index (χ1v) is 7.75. The molecule has 1 aliphatic rings. The Morgan fingerprint density at radius 3 is 2.40 bits per heavy atom. The molecule has 1 fully saturated rings. The summed E-state index contributed by atoms with van der Waals surface area (Å²) in [6, 6.07) is 0.600. The zero-order chi connectivity index (χ0) is 15.0. The largest absolute Gasteiger partial charge is 0.308 e. The van der Waals surface area contributed by atoms with Crippen LogP contribution >= 0.6 is 0 Å². The second kappa shape index (κ2) is 5.43. The van der Waals surface area contributed by atoms with Gasteiger partial charge in [-0.15, -0.1) is 5.10 Å². The quantitative estimate of drug-likeness (QED) is 0.920. The molecule has 0 saturated heterocycles. The van der Waals surface area contributed by atoms with Crippen LogP contribution < -0.4 is 5.32 Å². The van der Waals surface area contributed by atoms with Crippen molar-refractivity contribution in [3.05, 3.63) is 5.82 Å². The van der Waals surface area contributed by atoms with Gasteiger partial charge in [0.2, 0.25) is 0 Å². The summed E-state index contributed by atoms with van der Waals surface area (Å²) in [6.45, 7) is 14.6. The van der Waals surface area contributed by atoms with Gasteiger partial charge in [-0.25, -0.2) is 4.68 Å². The molecule has 0 aliphatic heterocycles. The number of hydrogen-bond donors (Lipinski definition) is 1. The summed E-state index contributed by atoms with van der Waals surface area (Å²) in [4.78, 5) is 0. The van der Waals surface area contributed by atoms with Gasteiger partial charge in [0.1, 0.15) is 0 Å². The average molecular weight is 279 g/mol. The van der Waals surface area contributed by atoms with Crippen molar-refractivity contribution in [1.82, 2.24) is 25.5 Å². The molecule has 1 aliphatic carbocycles. The SMILES string of the molecule is CCNC(C)c1nnnn1C1CC(C)(C)CC(C)(C)C1. The zero-order valence-electron chi connectivity index (χ0n) is 13.8. The topological polar surface area (TPSA) is 55.6 Å². The molecule has 5 heteroatoms. The number of tetrazole rings is 1. The van der Waals surface area contributed by atoms with Crippen LogP contribution in [0.3, 0.4) is 0 Å². The van der Waals surface area contributed by atoms with E-state index < -0.39 is 0 Å². The summed E-state index contributed by atoms with van der Waals surface area (Å²) in [6.07, 6.45) is 3.55. The maximum absolute atomic E-state index is 4.29. The van der Waals surface area contributed by atoms with E-state index in [1.165, 1.54) is 6.42 Å². The van der Waals surface area contributed by atoms with Gasteiger partial charge >= 0.3 is 0 Å². The van der Waals surface area contributed by atoms with Crippen molar-refractivity contribution in [2.75, 3.05) is 6.54 Å². The number of nitrogens with one attached hydrogen (secondary N) is 1. The van der Waals surface area contributed by atoms with E-state index in [9.17, 15) is 0 Å². The van der Waals surface area contributed by atoms with Gasteiger partial charge in [-0.3, -0.25) is 0 Å². The first-order chi connectivity index (χ1) is 9.24. The second-order valence-corrected chi connectivity index (χ2v) is 7.83. The van der Waals surface area contributed by atoms with Gasteiger partial charge in [-0.2, -0.15) is 0 Å². The number of rotatable bonds is 4. The Bertz CT molecular complexity index is 433. The molecule has 0 spiro atoms. The second-order valence-electron chi connectivity index (χ2n) is 7.83. The lowest BCUT2D eigenvalue weighted by atomic mass is 9.63. The third kappa shape index (κ3) is 3.37. The van der Waals surface area contributed by atoms with Gasteiger partial charge in [0.25, 0.3) is 0 Å². The van der Waals surface area contributed by atoms with Crippen molar-refractivity contribution in [3.63, 3.8) is 0 Å². The van der Waals surface area contributed by atoms with Gasteiger partial charge < -0.3 is 5.32 Å². The third-order valence-corrected chi connectivity index (χ3v) is 4.30. The summed E-state index contributed by atoms with van der Waals surface area (Å²) in [5.41, 5.74) is 0.689. The summed E-state index contributed by atoms with van der Waals surface area (Å²) >= 11 is 0. The van der Waals surface area contributed by atoms with Crippen molar-refractivity contribution in [2.45, 2.75) is 72.9 Å². The molecule has 0 amide bonds. The smallest absolute Gasteiger partial charge is 0.168 e. The highest BCUT2D eigenvalue weighted by molar-refractivity contribution is 4.97. The minimum absolute atomic E-state index is 0.197. The normalized spacial score (nSPS) is 23.7.